The Kier molecular flexibility index (Phi) is 8.87. The fourth-order valence-electron chi connectivity index (χ4n) is 3.84. The smallest absolute Gasteiger partial charge is 0.238 e. The highest BCUT2D eigenvalue weighted by Crippen LogP contribution is 2.25. The van der Waals surface area contributed by atoms with Gasteiger partial charge in [0, 0.05) is 56.1 Å². The van der Waals surface area contributed by atoms with Crippen molar-refractivity contribution in [2.45, 2.75) is 19.1 Å². The average molecular weight is 462 g/mol. The molecule has 1 aliphatic heterocycles. The van der Waals surface area contributed by atoms with Crippen molar-refractivity contribution >= 4 is 11.6 Å². The Morgan fingerprint density at radius 2 is 1.88 bits per heavy atom. The van der Waals surface area contributed by atoms with Gasteiger partial charge in [-0.3, -0.25) is 14.6 Å². The van der Waals surface area contributed by atoms with Crippen molar-refractivity contribution in [2.75, 3.05) is 58.9 Å². The number of methoxy groups -OCH3 is 2. The first kappa shape index (κ1) is 24.8. The molecule has 8 nitrogen and oxygen atoms in total. The number of piperazine rings is 1. The maximum Gasteiger partial charge on any atom is 0.238 e. The van der Waals surface area contributed by atoms with Gasteiger partial charge in [-0.05, 0) is 19.1 Å². The van der Waals surface area contributed by atoms with Gasteiger partial charge in [0.25, 0.3) is 0 Å². The lowest BCUT2D eigenvalue weighted by Gasteiger charge is -2.40. The molecule has 1 aliphatic rings. The first-order valence-electron chi connectivity index (χ1n) is 10.9. The summed E-state index contributed by atoms with van der Waals surface area (Å²) >= 11 is 0. The molecule has 0 saturated carbocycles. The molecule has 2 N–H and O–H groups in total. The largest absolute Gasteiger partial charge is 0.497 e. The monoisotopic (exact) mass is 461 g/mol. The van der Waals surface area contributed by atoms with Crippen molar-refractivity contribution in [2.24, 2.45) is 0 Å². The van der Waals surface area contributed by atoms with Crippen LogP contribution >= 0.6 is 0 Å². The molecule has 0 spiro atoms. The van der Waals surface area contributed by atoms with Crippen LogP contribution in [0.15, 0.2) is 42.5 Å². The molecule has 33 heavy (non-hydrogen) atoms. The highest BCUT2D eigenvalue weighted by molar-refractivity contribution is 5.92. The number of halogens is 1. The quantitative estimate of drug-likeness (QED) is 0.561. The Bertz CT molecular complexity index is 906. The Hall–Kier alpha value is -2.88. The number of nitrogens with one attached hydrogen (secondary N) is 1. The van der Waals surface area contributed by atoms with Crippen molar-refractivity contribution in [1.82, 2.24) is 9.80 Å². The highest BCUT2D eigenvalue weighted by atomic mass is 19.1. The van der Waals surface area contributed by atoms with E-state index >= 15 is 0 Å². The lowest BCUT2D eigenvalue weighted by molar-refractivity contribution is -0.118. The number of carbonyl (C=O) groups is 1. The van der Waals surface area contributed by atoms with Crippen LogP contribution < -0.4 is 19.5 Å². The van der Waals surface area contributed by atoms with Gasteiger partial charge in [-0.25, -0.2) is 4.39 Å². The first-order valence-corrected chi connectivity index (χ1v) is 10.9. The summed E-state index contributed by atoms with van der Waals surface area (Å²) in [5.74, 6) is 0.768. The molecule has 2 atom stereocenters. The zero-order valence-electron chi connectivity index (χ0n) is 19.3. The topological polar surface area (TPSA) is 83.5 Å². The van der Waals surface area contributed by atoms with Crippen LogP contribution in [-0.2, 0) is 4.79 Å². The number of hydrogen-bond acceptors (Lipinski definition) is 7. The molecule has 2 unspecified atom stereocenters. The predicted octanol–water partition coefficient (Wildman–Crippen LogP) is 2.23. The van der Waals surface area contributed by atoms with Crippen LogP contribution in [0, 0.1) is 5.82 Å². The van der Waals surface area contributed by atoms with Gasteiger partial charge in [-0.15, -0.1) is 0 Å². The van der Waals surface area contributed by atoms with E-state index in [2.05, 4.69) is 22.0 Å². The van der Waals surface area contributed by atoms with E-state index in [1.54, 1.807) is 44.6 Å². The van der Waals surface area contributed by atoms with Crippen LogP contribution in [0.4, 0.5) is 10.1 Å². The molecule has 1 saturated heterocycles. The van der Waals surface area contributed by atoms with Crippen LogP contribution in [0.3, 0.4) is 0 Å². The summed E-state index contributed by atoms with van der Waals surface area (Å²) in [7, 11) is 3.12. The number of aliphatic hydroxyl groups excluding tert-OH is 1. The van der Waals surface area contributed by atoms with Gasteiger partial charge in [0.15, 0.2) is 11.6 Å². The second kappa shape index (κ2) is 11.8. The summed E-state index contributed by atoms with van der Waals surface area (Å²) in [6.45, 7) is 4.84. The van der Waals surface area contributed by atoms with E-state index in [-0.39, 0.29) is 30.9 Å². The third kappa shape index (κ3) is 7.31. The van der Waals surface area contributed by atoms with Gasteiger partial charge in [-0.1, -0.05) is 12.1 Å². The van der Waals surface area contributed by atoms with Crippen LogP contribution in [0.1, 0.15) is 6.92 Å². The van der Waals surface area contributed by atoms with Crippen LogP contribution in [-0.4, -0.2) is 86.5 Å². The molecule has 3 rings (SSSR count). The number of nitrogens with zero attached hydrogens (tertiary/aromatic N) is 2. The molecule has 0 aromatic heterocycles. The zero-order chi connectivity index (χ0) is 23.8. The number of anilines is 1. The predicted molar refractivity (Wildman–Crippen MR) is 124 cm³/mol. The standard InChI is InChI=1S/C24H32FN3O5/c1-17-13-27(15-24(30)26-18-10-20(31-2)12-21(11-18)32-3)8-9-28(17)14-19(29)16-33-23-7-5-4-6-22(23)25/h4-7,10-12,17,19,29H,8-9,13-16H2,1-3H3,(H,26,30). The summed E-state index contributed by atoms with van der Waals surface area (Å²) in [5.41, 5.74) is 0.612. The maximum atomic E-state index is 13.7. The summed E-state index contributed by atoms with van der Waals surface area (Å²) in [6.07, 6.45) is -0.745. The normalized spacial score (nSPS) is 17.9. The van der Waals surface area contributed by atoms with E-state index < -0.39 is 11.9 Å². The number of carbonyl (C=O) groups excluding carboxylic acids is 1. The minimum absolute atomic E-state index is 0.0142. The van der Waals surface area contributed by atoms with E-state index in [1.165, 1.54) is 12.1 Å². The second-order valence-corrected chi connectivity index (χ2v) is 8.12. The maximum absolute atomic E-state index is 13.7. The van der Waals surface area contributed by atoms with Gasteiger partial charge < -0.3 is 24.6 Å². The number of rotatable bonds is 10. The molecule has 1 fully saturated rings. The average Bonchev–Trinajstić information content (AvgIpc) is 2.80. The molecule has 2 aromatic rings. The van der Waals surface area contributed by atoms with Crippen molar-refractivity contribution < 1.29 is 28.5 Å². The lowest BCUT2D eigenvalue weighted by atomic mass is 10.1. The number of ether oxygens (including phenoxy) is 3. The van der Waals surface area contributed by atoms with Crippen LogP contribution in [0.2, 0.25) is 0 Å². The van der Waals surface area contributed by atoms with Gasteiger partial charge in [0.05, 0.1) is 20.8 Å². The first-order chi connectivity index (χ1) is 15.9. The van der Waals surface area contributed by atoms with Crippen LogP contribution in [0.25, 0.3) is 0 Å². The lowest BCUT2D eigenvalue weighted by Crippen LogP contribution is -2.55. The van der Waals surface area contributed by atoms with Gasteiger partial charge >= 0.3 is 0 Å². The SMILES string of the molecule is COc1cc(NC(=O)CN2CCN(CC(O)COc3ccccc3F)C(C)C2)cc(OC)c1. The molecule has 1 heterocycles. The molecule has 2 aromatic carbocycles. The minimum Gasteiger partial charge on any atom is -0.497 e. The van der Waals surface area contributed by atoms with E-state index in [0.29, 0.717) is 43.4 Å². The van der Waals surface area contributed by atoms with E-state index in [9.17, 15) is 14.3 Å². The second-order valence-electron chi connectivity index (χ2n) is 8.12. The third-order valence-corrected chi connectivity index (χ3v) is 5.56. The van der Waals surface area contributed by atoms with Gasteiger partial charge in [0.2, 0.25) is 5.91 Å². The molecular formula is C24H32FN3O5. The minimum atomic E-state index is -0.745. The number of β-amino-alcohol motifs (C(OH)–C–C–N with tert-alkyl or cyclic N) is 1. The van der Waals surface area contributed by atoms with E-state index in [1.807, 2.05) is 0 Å². The van der Waals surface area contributed by atoms with Crippen molar-refractivity contribution in [3.63, 3.8) is 0 Å². The van der Waals surface area contributed by atoms with Crippen molar-refractivity contribution in [1.29, 1.82) is 0 Å². The Morgan fingerprint density at radius 1 is 1.18 bits per heavy atom. The summed E-state index contributed by atoms with van der Waals surface area (Å²) in [6, 6.07) is 11.5. The third-order valence-electron chi connectivity index (χ3n) is 5.56. The fourth-order valence-corrected chi connectivity index (χ4v) is 3.84. The van der Waals surface area contributed by atoms with E-state index in [0.717, 1.165) is 0 Å². The zero-order valence-corrected chi connectivity index (χ0v) is 19.3. The van der Waals surface area contributed by atoms with Crippen molar-refractivity contribution in [3.8, 4) is 17.2 Å². The number of amides is 1. The number of aliphatic hydroxyl groups is 1. The molecule has 180 valence electrons. The van der Waals surface area contributed by atoms with Gasteiger partial charge in [-0.2, -0.15) is 0 Å². The molecule has 0 aliphatic carbocycles. The summed E-state index contributed by atoms with van der Waals surface area (Å²) in [5, 5.41) is 13.2. The summed E-state index contributed by atoms with van der Waals surface area (Å²) < 4.78 is 29.5. The Balaban J connectivity index is 1.44. The molecule has 1 amide bonds. The van der Waals surface area contributed by atoms with E-state index in [4.69, 9.17) is 14.2 Å². The number of para-hydroxylation sites is 1. The molecule has 9 heteroatoms. The summed E-state index contributed by atoms with van der Waals surface area (Å²) in [4.78, 5) is 16.8. The number of hydrogen-bond donors (Lipinski definition) is 2. The number of benzene rings is 2. The Morgan fingerprint density at radius 3 is 2.52 bits per heavy atom. The highest BCUT2D eigenvalue weighted by Gasteiger charge is 2.26. The molecule has 0 radical (unpaired) electrons. The fraction of sp³-hybridized carbons (Fsp3) is 0.458. The molecular weight excluding hydrogens is 429 g/mol. The molecule has 0 bridgehead atoms. The van der Waals surface area contributed by atoms with Crippen molar-refractivity contribution in [3.05, 3.63) is 48.3 Å². The van der Waals surface area contributed by atoms with Gasteiger partial charge in [0.1, 0.15) is 24.2 Å². The Labute approximate surface area is 193 Å². The van der Waals surface area contributed by atoms with Crippen LogP contribution in [0.5, 0.6) is 17.2 Å².